The Hall–Kier alpha value is -0.223. The fraction of sp³-hybridized carbons (Fsp3) is 0.867. The molecule has 1 heteroatoms. The van der Waals surface area contributed by atoms with Gasteiger partial charge in [0.25, 0.3) is 0 Å². The fourth-order valence-corrected chi connectivity index (χ4v) is 2.33. The predicted molar refractivity (Wildman–Crippen MR) is 78.3 cm³/mol. The van der Waals surface area contributed by atoms with Crippen molar-refractivity contribution in [3.63, 3.8) is 0 Å². The van der Waals surface area contributed by atoms with Crippen LogP contribution < -0.4 is 0 Å². The van der Waals surface area contributed by atoms with Crippen LogP contribution in [0.4, 0.5) is 0 Å². The quantitative estimate of drug-likeness (QED) is 0.302. The Morgan fingerprint density at radius 3 is 1.75 bits per heavy atom. The first-order valence-electron chi connectivity index (χ1n) is 7.06. The Kier molecular flexibility index (Phi) is 9.83. The molecule has 0 unspecified atom stereocenters. The van der Waals surface area contributed by atoms with Crippen molar-refractivity contribution in [1.82, 2.24) is 0 Å². The minimum atomic E-state index is -1.11. The van der Waals surface area contributed by atoms with Crippen LogP contribution >= 0.6 is 0 Å². The third kappa shape index (κ3) is 13.8. The highest BCUT2D eigenvalue weighted by Gasteiger charge is 2.06. The lowest BCUT2D eigenvalue weighted by Crippen LogP contribution is -2.16. The average Bonchev–Trinajstić information content (AvgIpc) is 2.19. The Bertz CT molecular complexity index is 202. The number of hydrogen-bond acceptors (Lipinski definition) is 0. The van der Waals surface area contributed by atoms with Gasteiger partial charge in [0.2, 0.25) is 0 Å². The summed E-state index contributed by atoms with van der Waals surface area (Å²) in [6.07, 6.45) is 12.3. The summed E-state index contributed by atoms with van der Waals surface area (Å²) in [6.45, 7) is 9.21. The predicted octanol–water partition coefficient (Wildman–Crippen LogP) is 5.40. The normalized spacial score (nSPS) is 11.0. The lowest BCUT2D eigenvalue weighted by atomic mass is 10.1. The molecule has 0 aromatic rings. The van der Waals surface area contributed by atoms with Crippen LogP contribution in [0.3, 0.4) is 0 Å². The second kappa shape index (κ2) is 9.96. The van der Waals surface area contributed by atoms with Crippen LogP contribution in [0.2, 0.25) is 19.6 Å². The van der Waals surface area contributed by atoms with Gasteiger partial charge in [-0.1, -0.05) is 71.5 Å². The molecule has 0 spiro atoms. The van der Waals surface area contributed by atoms with E-state index in [0.29, 0.717) is 0 Å². The zero-order valence-electron chi connectivity index (χ0n) is 11.9. The molecule has 0 aromatic heterocycles. The van der Waals surface area contributed by atoms with Crippen molar-refractivity contribution in [2.24, 2.45) is 0 Å². The molecule has 0 saturated heterocycles. The molecule has 0 amide bonds. The second-order valence-corrected chi connectivity index (χ2v) is 10.5. The molecule has 0 aliphatic rings. The summed E-state index contributed by atoms with van der Waals surface area (Å²) >= 11 is 0. The van der Waals surface area contributed by atoms with Gasteiger partial charge in [-0.15, -0.1) is 11.5 Å². The molecule has 0 N–H and O–H groups in total. The maximum Gasteiger partial charge on any atom is 0.129 e. The van der Waals surface area contributed by atoms with Gasteiger partial charge < -0.3 is 0 Å². The smallest absolute Gasteiger partial charge is 0.129 e. The van der Waals surface area contributed by atoms with Gasteiger partial charge in [0, 0.05) is 6.42 Å². The van der Waals surface area contributed by atoms with Gasteiger partial charge in [0.1, 0.15) is 8.07 Å². The summed E-state index contributed by atoms with van der Waals surface area (Å²) < 4.78 is 0. The zero-order valence-corrected chi connectivity index (χ0v) is 12.9. The molecule has 0 fully saturated rings. The van der Waals surface area contributed by atoms with Gasteiger partial charge >= 0.3 is 0 Å². The molecule has 0 atom stereocenters. The zero-order chi connectivity index (χ0) is 12.3. The molecule has 0 nitrogen and oxygen atoms in total. The maximum atomic E-state index is 3.43. The Labute approximate surface area is 104 Å². The molecular weight excluding hydrogens is 208 g/mol. The molecule has 0 aliphatic heterocycles. The van der Waals surface area contributed by atoms with Crippen LogP contribution in [0.1, 0.15) is 64.7 Å². The van der Waals surface area contributed by atoms with Crippen LogP contribution in [0.15, 0.2) is 0 Å². The Morgan fingerprint density at radius 1 is 0.750 bits per heavy atom. The third-order valence-electron chi connectivity index (χ3n) is 2.62. The highest BCUT2D eigenvalue weighted by atomic mass is 28.3. The van der Waals surface area contributed by atoms with E-state index in [2.05, 4.69) is 38.0 Å². The van der Waals surface area contributed by atoms with Crippen molar-refractivity contribution in [2.75, 3.05) is 0 Å². The van der Waals surface area contributed by atoms with Gasteiger partial charge in [-0.2, -0.15) is 0 Å². The van der Waals surface area contributed by atoms with Crippen molar-refractivity contribution < 1.29 is 0 Å². The first kappa shape index (κ1) is 15.8. The summed E-state index contributed by atoms with van der Waals surface area (Å²) in [5.74, 6) is 3.35. The topological polar surface area (TPSA) is 0 Å². The van der Waals surface area contributed by atoms with E-state index in [0.717, 1.165) is 6.42 Å². The molecule has 94 valence electrons. The molecule has 16 heavy (non-hydrogen) atoms. The van der Waals surface area contributed by atoms with Crippen molar-refractivity contribution >= 4 is 8.07 Å². The molecule has 0 heterocycles. The summed E-state index contributed by atoms with van der Waals surface area (Å²) in [5, 5.41) is 0. The van der Waals surface area contributed by atoms with E-state index >= 15 is 0 Å². The maximum absolute atomic E-state index is 3.43. The van der Waals surface area contributed by atoms with Crippen LogP contribution in [-0.4, -0.2) is 8.07 Å². The van der Waals surface area contributed by atoms with Gasteiger partial charge in [-0.05, 0) is 6.42 Å². The van der Waals surface area contributed by atoms with Crippen molar-refractivity contribution in [3.8, 4) is 11.5 Å². The third-order valence-corrected chi connectivity index (χ3v) is 3.55. The summed E-state index contributed by atoms with van der Waals surface area (Å²) in [7, 11) is -1.11. The summed E-state index contributed by atoms with van der Waals surface area (Å²) in [4.78, 5) is 0. The lowest BCUT2D eigenvalue weighted by molar-refractivity contribution is 0.579. The van der Waals surface area contributed by atoms with Crippen LogP contribution in [-0.2, 0) is 0 Å². The van der Waals surface area contributed by atoms with Gasteiger partial charge in [0.15, 0.2) is 0 Å². The van der Waals surface area contributed by atoms with Gasteiger partial charge in [-0.3, -0.25) is 0 Å². The largest absolute Gasteiger partial charge is 0.132 e. The van der Waals surface area contributed by atoms with E-state index in [1.807, 2.05) is 0 Å². The highest BCUT2D eigenvalue weighted by molar-refractivity contribution is 6.83. The van der Waals surface area contributed by atoms with Crippen LogP contribution in [0, 0.1) is 11.5 Å². The first-order valence-corrected chi connectivity index (χ1v) is 10.6. The Balaban J connectivity index is 3.18. The van der Waals surface area contributed by atoms with Crippen molar-refractivity contribution in [3.05, 3.63) is 0 Å². The number of unbranched alkanes of at least 4 members (excludes halogenated alkanes) is 8. The number of rotatable bonds is 8. The fourth-order valence-electron chi connectivity index (χ4n) is 1.67. The number of hydrogen-bond donors (Lipinski definition) is 0. The minimum absolute atomic E-state index is 1.11. The van der Waals surface area contributed by atoms with Crippen LogP contribution in [0.5, 0.6) is 0 Å². The van der Waals surface area contributed by atoms with Crippen molar-refractivity contribution in [1.29, 1.82) is 0 Å². The van der Waals surface area contributed by atoms with Gasteiger partial charge in [-0.25, -0.2) is 0 Å². The molecule has 0 rings (SSSR count). The monoisotopic (exact) mass is 238 g/mol. The summed E-state index contributed by atoms with van der Waals surface area (Å²) in [6, 6.07) is 0. The van der Waals surface area contributed by atoms with E-state index in [1.165, 1.54) is 51.4 Å². The SMILES string of the molecule is CCCCCCCCCCC#C[Si](C)(C)C. The van der Waals surface area contributed by atoms with E-state index in [1.54, 1.807) is 0 Å². The second-order valence-electron chi connectivity index (χ2n) is 5.78. The molecule has 0 radical (unpaired) electrons. The standard InChI is InChI=1S/C15H30Si/c1-5-6-7-8-9-10-11-12-13-14-15-16(2,3)4/h5-13H2,1-4H3. The van der Waals surface area contributed by atoms with Gasteiger partial charge in [0.05, 0.1) is 0 Å². The van der Waals surface area contributed by atoms with Crippen LogP contribution in [0.25, 0.3) is 0 Å². The summed E-state index contributed by atoms with van der Waals surface area (Å²) in [5.41, 5.74) is 3.43. The Morgan fingerprint density at radius 2 is 1.25 bits per heavy atom. The molecule has 0 aliphatic carbocycles. The highest BCUT2D eigenvalue weighted by Crippen LogP contribution is 2.09. The van der Waals surface area contributed by atoms with E-state index in [4.69, 9.17) is 0 Å². The molecular formula is C15H30Si. The minimum Gasteiger partial charge on any atom is -0.132 e. The van der Waals surface area contributed by atoms with E-state index < -0.39 is 8.07 Å². The average molecular weight is 238 g/mol. The van der Waals surface area contributed by atoms with E-state index in [-0.39, 0.29) is 0 Å². The molecule has 0 bridgehead atoms. The van der Waals surface area contributed by atoms with E-state index in [9.17, 15) is 0 Å². The molecule has 0 saturated carbocycles. The lowest BCUT2D eigenvalue weighted by Gasteiger charge is -2.03. The first-order chi connectivity index (χ1) is 7.56. The molecule has 0 aromatic carbocycles. The van der Waals surface area contributed by atoms with Crippen molar-refractivity contribution in [2.45, 2.75) is 84.4 Å².